The second kappa shape index (κ2) is 2.77. The molecule has 3 unspecified atom stereocenters. The van der Waals surface area contributed by atoms with E-state index < -0.39 is 8.38 Å². The minimum Gasteiger partial charge on any atom is -0.334 e. The van der Waals surface area contributed by atoms with Gasteiger partial charge >= 0.3 is 0 Å². The second-order valence-electron chi connectivity index (χ2n) is 3.11. The lowest BCUT2D eigenvalue weighted by molar-refractivity contribution is 0.0206. The zero-order valence-electron chi connectivity index (χ0n) is 6.76. The van der Waals surface area contributed by atoms with E-state index in [9.17, 15) is 0 Å². The predicted octanol–water partition coefficient (Wildman–Crippen LogP) is 2.20. The smallest absolute Gasteiger partial charge is 0.167 e. The lowest BCUT2D eigenvalue weighted by Gasteiger charge is -2.38. The Kier molecular flexibility index (Phi) is 2.34. The van der Waals surface area contributed by atoms with Gasteiger partial charge in [-0.1, -0.05) is 6.92 Å². The molecule has 0 spiro atoms. The molecule has 1 aliphatic rings. The zero-order valence-corrected chi connectivity index (χ0v) is 7.65. The summed E-state index contributed by atoms with van der Waals surface area (Å²) in [6.07, 6.45) is 0.220. The molecule has 2 nitrogen and oxygen atoms in total. The number of hydrogen-bond donors (Lipinski definition) is 0. The third-order valence-electron chi connectivity index (χ3n) is 1.86. The highest BCUT2D eigenvalue weighted by molar-refractivity contribution is 7.46. The topological polar surface area (TPSA) is 18.5 Å². The van der Waals surface area contributed by atoms with Crippen molar-refractivity contribution < 1.29 is 9.05 Å². The van der Waals surface area contributed by atoms with Crippen molar-refractivity contribution in [2.75, 3.05) is 13.3 Å². The molecule has 59 valence electrons. The molecule has 10 heavy (non-hydrogen) atoms. The molecule has 0 amide bonds. The molecule has 0 bridgehead atoms. The summed E-state index contributed by atoms with van der Waals surface area (Å²) >= 11 is 0. The van der Waals surface area contributed by atoms with Gasteiger partial charge in [0.2, 0.25) is 0 Å². The lowest BCUT2D eigenvalue weighted by Crippen LogP contribution is -2.36. The molecule has 1 aliphatic heterocycles. The Bertz CT molecular complexity index is 125. The normalized spacial score (nSPS) is 39.6. The zero-order chi connectivity index (χ0) is 7.78. The average Bonchev–Trinajstić information content (AvgIpc) is 1.81. The van der Waals surface area contributed by atoms with Gasteiger partial charge in [0.15, 0.2) is 8.38 Å². The standard InChI is InChI=1S/C7H14O2P/c1-6-7(2,3)5-8-10(4)9-6/h6H,2,5H2,1,3-4H3. The molecule has 3 heteroatoms. The second-order valence-corrected chi connectivity index (χ2v) is 4.46. The molecule has 1 radical (unpaired) electrons. The van der Waals surface area contributed by atoms with Crippen molar-refractivity contribution in [2.45, 2.75) is 20.0 Å². The highest BCUT2D eigenvalue weighted by Gasteiger charge is 2.33. The van der Waals surface area contributed by atoms with Crippen LogP contribution >= 0.6 is 8.38 Å². The molecule has 0 aliphatic carbocycles. The summed E-state index contributed by atoms with van der Waals surface area (Å²) in [5.41, 5.74) is -0.0607. The monoisotopic (exact) mass is 161 g/mol. The van der Waals surface area contributed by atoms with E-state index in [4.69, 9.17) is 9.05 Å². The summed E-state index contributed by atoms with van der Waals surface area (Å²) in [5.74, 6) is 0. The van der Waals surface area contributed by atoms with Crippen molar-refractivity contribution in [1.82, 2.24) is 0 Å². The van der Waals surface area contributed by atoms with Crippen molar-refractivity contribution in [1.29, 1.82) is 0 Å². The van der Waals surface area contributed by atoms with E-state index in [1.165, 1.54) is 0 Å². The van der Waals surface area contributed by atoms with Crippen LogP contribution in [0.2, 0.25) is 0 Å². The third kappa shape index (κ3) is 1.69. The molecule has 3 atom stereocenters. The quantitative estimate of drug-likeness (QED) is 0.507. The van der Waals surface area contributed by atoms with Crippen LogP contribution in [0.3, 0.4) is 0 Å². The van der Waals surface area contributed by atoms with Gasteiger partial charge in [-0.05, 0) is 13.8 Å². The Morgan fingerprint density at radius 1 is 1.70 bits per heavy atom. The van der Waals surface area contributed by atoms with E-state index in [2.05, 4.69) is 13.8 Å². The SMILES string of the molecule is [CH2]C1(C)COP(C)OC1C. The minimum atomic E-state index is -0.629. The Morgan fingerprint density at radius 3 is 2.70 bits per heavy atom. The Labute approximate surface area is 63.8 Å². The average molecular weight is 161 g/mol. The van der Waals surface area contributed by atoms with E-state index in [1.807, 2.05) is 13.6 Å². The van der Waals surface area contributed by atoms with Gasteiger partial charge in [0, 0.05) is 12.1 Å². The van der Waals surface area contributed by atoms with E-state index in [0.717, 1.165) is 6.61 Å². The van der Waals surface area contributed by atoms with Crippen molar-refractivity contribution in [3.8, 4) is 0 Å². The first kappa shape index (κ1) is 8.45. The highest BCUT2D eigenvalue weighted by atomic mass is 31.2. The van der Waals surface area contributed by atoms with Crippen LogP contribution in [0.15, 0.2) is 0 Å². The van der Waals surface area contributed by atoms with Crippen molar-refractivity contribution in [3.63, 3.8) is 0 Å². The molecule has 0 saturated carbocycles. The number of rotatable bonds is 0. The first-order valence-electron chi connectivity index (χ1n) is 3.41. The molecule has 0 aromatic rings. The van der Waals surface area contributed by atoms with Crippen molar-refractivity contribution in [2.24, 2.45) is 5.41 Å². The van der Waals surface area contributed by atoms with Gasteiger partial charge < -0.3 is 9.05 Å². The molecule has 1 rings (SSSR count). The summed E-state index contributed by atoms with van der Waals surface area (Å²) in [5, 5.41) is 0. The van der Waals surface area contributed by atoms with Gasteiger partial charge in [0.1, 0.15) is 0 Å². The van der Waals surface area contributed by atoms with Gasteiger partial charge in [-0.3, -0.25) is 0 Å². The summed E-state index contributed by atoms with van der Waals surface area (Å²) in [7, 11) is -0.629. The van der Waals surface area contributed by atoms with Crippen LogP contribution in [0.1, 0.15) is 13.8 Å². The fourth-order valence-electron chi connectivity index (χ4n) is 0.736. The summed E-state index contributed by atoms with van der Waals surface area (Å²) in [6.45, 7) is 10.8. The van der Waals surface area contributed by atoms with Gasteiger partial charge in [0.05, 0.1) is 12.7 Å². The largest absolute Gasteiger partial charge is 0.334 e. The molecule has 1 heterocycles. The Morgan fingerprint density at radius 2 is 2.30 bits per heavy atom. The molecule has 0 N–H and O–H groups in total. The van der Waals surface area contributed by atoms with Crippen LogP contribution in [0.4, 0.5) is 0 Å². The molecule has 1 fully saturated rings. The van der Waals surface area contributed by atoms with E-state index in [1.54, 1.807) is 0 Å². The Balaban J connectivity index is 2.52. The molecule has 0 aromatic carbocycles. The fraction of sp³-hybridized carbons (Fsp3) is 0.857. The highest BCUT2D eigenvalue weighted by Crippen LogP contribution is 2.45. The van der Waals surface area contributed by atoms with Crippen LogP contribution in [0.25, 0.3) is 0 Å². The van der Waals surface area contributed by atoms with Gasteiger partial charge in [-0.2, -0.15) is 0 Å². The van der Waals surface area contributed by atoms with Crippen molar-refractivity contribution >= 4 is 8.38 Å². The molecular weight excluding hydrogens is 147 g/mol. The predicted molar refractivity (Wildman–Crippen MR) is 42.8 cm³/mol. The molecular formula is C7H14O2P. The van der Waals surface area contributed by atoms with Crippen molar-refractivity contribution in [3.05, 3.63) is 6.92 Å². The summed E-state index contributed by atoms with van der Waals surface area (Å²) in [4.78, 5) is 0. The maximum Gasteiger partial charge on any atom is 0.167 e. The minimum absolute atomic E-state index is 0.0607. The summed E-state index contributed by atoms with van der Waals surface area (Å²) < 4.78 is 10.8. The summed E-state index contributed by atoms with van der Waals surface area (Å²) in [6, 6.07) is 0. The maximum atomic E-state index is 5.48. The number of hydrogen-bond acceptors (Lipinski definition) is 2. The maximum absolute atomic E-state index is 5.48. The Hall–Kier alpha value is 0.350. The van der Waals surface area contributed by atoms with Gasteiger partial charge in [-0.15, -0.1) is 0 Å². The van der Waals surface area contributed by atoms with E-state index in [-0.39, 0.29) is 11.5 Å². The van der Waals surface area contributed by atoms with Gasteiger partial charge in [-0.25, -0.2) is 0 Å². The van der Waals surface area contributed by atoms with Crippen LogP contribution in [-0.4, -0.2) is 19.4 Å². The first-order valence-corrected chi connectivity index (χ1v) is 5.03. The van der Waals surface area contributed by atoms with E-state index >= 15 is 0 Å². The van der Waals surface area contributed by atoms with Crippen LogP contribution < -0.4 is 0 Å². The molecule has 0 aromatic heterocycles. The van der Waals surface area contributed by atoms with Crippen LogP contribution in [-0.2, 0) is 9.05 Å². The fourth-order valence-corrected chi connectivity index (χ4v) is 1.97. The lowest BCUT2D eigenvalue weighted by atomic mass is 9.89. The van der Waals surface area contributed by atoms with Crippen LogP contribution in [0.5, 0.6) is 0 Å². The van der Waals surface area contributed by atoms with E-state index in [0.29, 0.717) is 0 Å². The third-order valence-corrected chi connectivity index (χ3v) is 2.97. The van der Waals surface area contributed by atoms with Gasteiger partial charge in [0.25, 0.3) is 0 Å². The first-order chi connectivity index (χ1) is 4.52. The molecule has 1 saturated heterocycles. The van der Waals surface area contributed by atoms with Crippen LogP contribution in [0, 0.1) is 12.3 Å².